The van der Waals surface area contributed by atoms with Gasteiger partial charge in [0.25, 0.3) is 0 Å². The third kappa shape index (κ3) is 55.5. The number of ether oxygens (including phenoxy) is 2. The van der Waals surface area contributed by atoms with Gasteiger partial charge in [-0.15, -0.1) is 0 Å². The van der Waals surface area contributed by atoms with Crippen molar-refractivity contribution in [3.05, 3.63) is 134 Å². The molecule has 72 heavy (non-hydrogen) atoms. The van der Waals surface area contributed by atoms with Gasteiger partial charge in [-0.05, 0) is 96.3 Å². The minimum Gasteiger partial charge on any atom is -0.462 e. The number of unbranched alkanes of at least 4 members (excludes halogenated alkanes) is 13. The quantitative estimate of drug-likeness (QED) is 0.0211. The molecule has 0 aromatic heterocycles. The number of rotatable bonds is 49. The zero-order chi connectivity index (χ0) is 52.7. The highest BCUT2D eigenvalue weighted by Gasteiger charge is 2.27. The van der Waals surface area contributed by atoms with Gasteiger partial charge in [0.15, 0.2) is 6.10 Å². The van der Waals surface area contributed by atoms with Crippen LogP contribution in [0.3, 0.4) is 0 Å². The summed E-state index contributed by atoms with van der Waals surface area (Å²) in [6.07, 6.45) is 75.4. The van der Waals surface area contributed by atoms with Gasteiger partial charge in [0.1, 0.15) is 19.8 Å². The molecular weight excluding hydrogens is 918 g/mol. The summed E-state index contributed by atoms with van der Waals surface area (Å²) in [5, 5.41) is 0. The SMILES string of the molecule is CC/C=C\C/C=C\C/C=C\C/C=C\C/C=C\C/C=C\CCC(=O)OC(COC(=O)CCCCCCCCCCCCCCC/C=C\C/C=C\C/C=C\C/C=C\C/C=C\CC)COP(=O)(O)OCC[N+](C)(C)C. The molecule has 0 saturated carbocycles. The molecule has 0 rings (SSSR count). The van der Waals surface area contributed by atoms with Gasteiger partial charge in [-0.2, -0.15) is 0 Å². The van der Waals surface area contributed by atoms with Gasteiger partial charge in [0.05, 0.1) is 27.7 Å². The van der Waals surface area contributed by atoms with Crippen molar-refractivity contribution in [2.24, 2.45) is 0 Å². The lowest BCUT2D eigenvalue weighted by molar-refractivity contribution is -0.870. The molecule has 0 aromatic rings. The second-order valence-electron chi connectivity index (χ2n) is 19.2. The molecule has 0 fully saturated rings. The van der Waals surface area contributed by atoms with Crippen molar-refractivity contribution in [2.45, 2.75) is 200 Å². The van der Waals surface area contributed by atoms with Crippen molar-refractivity contribution in [3.8, 4) is 0 Å². The Bertz CT molecular complexity index is 1670. The lowest BCUT2D eigenvalue weighted by Gasteiger charge is -2.24. The molecule has 0 aromatic carbocycles. The predicted molar refractivity (Wildman–Crippen MR) is 307 cm³/mol. The van der Waals surface area contributed by atoms with Crippen LogP contribution in [0.2, 0.25) is 0 Å². The molecule has 0 aliphatic heterocycles. The molecule has 10 heteroatoms. The lowest BCUT2D eigenvalue weighted by atomic mass is 10.0. The standard InChI is InChI=1S/C62H102NO8P/c1-6-8-10-12-14-16-18-20-22-24-26-27-28-29-30-31-32-33-34-35-37-38-40-42-44-46-48-50-52-54-61(64)68-58-60(59-70-72(66,67)69-57-56-63(3,4)5)71-62(65)55-53-51-49-47-45-43-41-39-36-25-23-21-19-17-15-13-11-9-7-2/h8-11,14-17,20-23,26-27,29-30,36,39,43,45,49,51,60H,6-7,12-13,18-19,24-25,28,31-35,37-38,40-42,44,46-48,50,52-59H2,1-5H3/p+1/b10-8-,11-9-,16-14-,17-15-,22-20-,23-21-,27-26-,30-29-,39-36-,45-43-,51-49-. The third-order valence-corrected chi connectivity index (χ3v) is 12.2. The third-order valence-electron chi connectivity index (χ3n) is 11.2. The second kappa shape index (κ2) is 52.0. The summed E-state index contributed by atoms with van der Waals surface area (Å²) in [6.45, 7) is 4.10. The van der Waals surface area contributed by atoms with E-state index < -0.39 is 32.5 Å². The second-order valence-corrected chi connectivity index (χ2v) is 20.7. The monoisotopic (exact) mass is 1020 g/mol. The van der Waals surface area contributed by atoms with Gasteiger partial charge in [-0.25, -0.2) is 4.57 Å². The Hall–Kier alpha value is -3.85. The van der Waals surface area contributed by atoms with Crippen molar-refractivity contribution in [1.82, 2.24) is 0 Å². The number of hydrogen-bond donors (Lipinski definition) is 1. The Labute approximate surface area is 441 Å². The summed E-state index contributed by atoms with van der Waals surface area (Å²) in [6, 6.07) is 0. The first kappa shape index (κ1) is 68.2. The Morgan fingerprint density at radius 1 is 0.431 bits per heavy atom. The normalized spacial score (nSPS) is 14.4. The summed E-state index contributed by atoms with van der Waals surface area (Å²) < 4.78 is 34.4. The first-order valence-corrected chi connectivity index (χ1v) is 29.4. The van der Waals surface area contributed by atoms with E-state index in [2.05, 4.69) is 135 Å². The summed E-state index contributed by atoms with van der Waals surface area (Å²) >= 11 is 0. The molecule has 0 heterocycles. The van der Waals surface area contributed by atoms with Crippen LogP contribution in [0.1, 0.15) is 194 Å². The van der Waals surface area contributed by atoms with E-state index in [1.54, 1.807) is 0 Å². The van der Waals surface area contributed by atoms with Crippen LogP contribution in [-0.2, 0) is 32.7 Å². The lowest BCUT2D eigenvalue weighted by Crippen LogP contribution is -2.37. The van der Waals surface area contributed by atoms with Gasteiger partial charge in [0, 0.05) is 12.8 Å². The zero-order valence-electron chi connectivity index (χ0n) is 46.1. The number of carbonyl (C=O) groups is 2. The van der Waals surface area contributed by atoms with E-state index in [9.17, 15) is 19.0 Å². The molecule has 1 N–H and O–H groups in total. The minimum atomic E-state index is -4.41. The van der Waals surface area contributed by atoms with Crippen molar-refractivity contribution in [2.75, 3.05) is 47.5 Å². The fourth-order valence-electron chi connectivity index (χ4n) is 6.95. The van der Waals surface area contributed by atoms with Crippen LogP contribution in [0.25, 0.3) is 0 Å². The van der Waals surface area contributed by atoms with E-state index in [-0.39, 0.29) is 26.1 Å². The number of phosphoric ester groups is 1. The van der Waals surface area contributed by atoms with Gasteiger partial charge < -0.3 is 18.9 Å². The fourth-order valence-corrected chi connectivity index (χ4v) is 7.69. The average Bonchev–Trinajstić information content (AvgIpc) is 3.34. The van der Waals surface area contributed by atoms with Gasteiger partial charge in [-0.1, -0.05) is 218 Å². The van der Waals surface area contributed by atoms with Crippen molar-refractivity contribution < 1.29 is 42.1 Å². The molecule has 9 nitrogen and oxygen atoms in total. The molecule has 0 amide bonds. The topological polar surface area (TPSA) is 108 Å². The summed E-state index contributed by atoms with van der Waals surface area (Å²) in [4.78, 5) is 35.6. The molecule has 0 aliphatic carbocycles. The van der Waals surface area contributed by atoms with E-state index >= 15 is 0 Å². The maximum Gasteiger partial charge on any atom is 0.472 e. The number of likely N-dealkylation sites (N-methyl/N-ethyl adjacent to an activating group) is 1. The predicted octanol–water partition coefficient (Wildman–Crippen LogP) is 17.4. The van der Waals surface area contributed by atoms with Crippen molar-refractivity contribution in [1.29, 1.82) is 0 Å². The van der Waals surface area contributed by atoms with Crippen LogP contribution in [0.15, 0.2) is 134 Å². The molecule has 0 radical (unpaired) electrons. The van der Waals surface area contributed by atoms with E-state index in [1.807, 2.05) is 33.3 Å². The fraction of sp³-hybridized carbons (Fsp3) is 0.613. The number of carbonyl (C=O) groups excluding carboxylic acids is 2. The number of esters is 2. The average molecular weight is 1020 g/mol. The Morgan fingerprint density at radius 3 is 1.17 bits per heavy atom. The number of allylic oxidation sites excluding steroid dienone is 22. The van der Waals surface area contributed by atoms with E-state index in [0.717, 1.165) is 96.3 Å². The first-order chi connectivity index (χ1) is 35.0. The van der Waals surface area contributed by atoms with Crippen LogP contribution < -0.4 is 0 Å². The molecule has 0 bridgehead atoms. The summed E-state index contributed by atoms with van der Waals surface area (Å²) in [5.41, 5.74) is 0. The van der Waals surface area contributed by atoms with E-state index in [1.165, 1.54) is 64.2 Å². The number of phosphoric acid groups is 1. The van der Waals surface area contributed by atoms with Gasteiger partial charge in [0.2, 0.25) is 0 Å². The van der Waals surface area contributed by atoms with Crippen LogP contribution in [0.4, 0.5) is 0 Å². The smallest absolute Gasteiger partial charge is 0.462 e. The molecule has 0 saturated heterocycles. The Kier molecular flexibility index (Phi) is 49.2. The Balaban J connectivity index is 4.26. The highest BCUT2D eigenvalue weighted by Crippen LogP contribution is 2.43. The number of nitrogens with zero attached hydrogens (tertiary/aromatic N) is 1. The Morgan fingerprint density at radius 2 is 0.778 bits per heavy atom. The van der Waals surface area contributed by atoms with E-state index in [4.69, 9.17) is 18.5 Å². The maximum absolute atomic E-state index is 12.7. The molecule has 2 atom stereocenters. The largest absolute Gasteiger partial charge is 0.472 e. The van der Waals surface area contributed by atoms with Crippen LogP contribution in [0.5, 0.6) is 0 Å². The van der Waals surface area contributed by atoms with Crippen molar-refractivity contribution in [3.63, 3.8) is 0 Å². The van der Waals surface area contributed by atoms with E-state index in [0.29, 0.717) is 17.4 Å². The number of hydrogen-bond acceptors (Lipinski definition) is 7. The number of quaternary nitrogens is 1. The minimum absolute atomic E-state index is 0.0109. The van der Waals surface area contributed by atoms with Crippen LogP contribution >= 0.6 is 7.82 Å². The molecule has 0 spiro atoms. The van der Waals surface area contributed by atoms with Crippen molar-refractivity contribution >= 4 is 19.8 Å². The van der Waals surface area contributed by atoms with Crippen LogP contribution in [0, 0.1) is 0 Å². The van der Waals surface area contributed by atoms with Gasteiger partial charge in [-0.3, -0.25) is 18.6 Å². The van der Waals surface area contributed by atoms with Gasteiger partial charge >= 0.3 is 19.8 Å². The molecular formula is C62H103NO8P+. The molecule has 2 unspecified atom stereocenters. The maximum atomic E-state index is 12.7. The first-order valence-electron chi connectivity index (χ1n) is 27.9. The molecule has 0 aliphatic rings. The summed E-state index contributed by atoms with van der Waals surface area (Å²) in [5.74, 6) is -0.906. The van der Waals surface area contributed by atoms with Crippen LogP contribution in [-0.4, -0.2) is 74.9 Å². The molecule has 408 valence electrons. The summed E-state index contributed by atoms with van der Waals surface area (Å²) in [7, 11) is 1.41. The highest BCUT2D eigenvalue weighted by molar-refractivity contribution is 7.47. The highest BCUT2D eigenvalue weighted by atomic mass is 31.2. The zero-order valence-corrected chi connectivity index (χ0v) is 47.0.